The van der Waals surface area contributed by atoms with E-state index < -0.39 is 6.09 Å². The highest BCUT2D eigenvalue weighted by Crippen LogP contribution is 2.22. The first-order valence-electron chi connectivity index (χ1n) is 7.60. The van der Waals surface area contributed by atoms with E-state index in [0.717, 1.165) is 22.0 Å². The molecule has 0 bridgehead atoms. The molecule has 3 aromatic rings. The van der Waals surface area contributed by atoms with Gasteiger partial charge in [0.2, 0.25) is 0 Å². The summed E-state index contributed by atoms with van der Waals surface area (Å²) in [5.41, 5.74) is 2.99. The molecule has 0 aliphatic heterocycles. The minimum Gasteiger partial charge on any atom is -0.445 e. The van der Waals surface area contributed by atoms with Crippen molar-refractivity contribution in [2.24, 2.45) is 0 Å². The number of benzene rings is 2. The molecule has 1 amide bonds. The van der Waals surface area contributed by atoms with Gasteiger partial charge in [0, 0.05) is 28.7 Å². The fourth-order valence-corrected chi connectivity index (χ4v) is 2.53. The van der Waals surface area contributed by atoms with Gasteiger partial charge in [0.05, 0.1) is 0 Å². The third-order valence-corrected chi connectivity index (χ3v) is 3.79. The lowest BCUT2D eigenvalue weighted by Gasteiger charge is -2.05. The minimum atomic E-state index is -0.436. The van der Waals surface area contributed by atoms with Gasteiger partial charge in [-0.3, -0.25) is 0 Å². The van der Waals surface area contributed by atoms with Crippen molar-refractivity contribution in [1.82, 2.24) is 10.3 Å². The molecule has 0 fully saturated rings. The largest absolute Gasteiger partial charge is 0.445 e. The summed E-state index contributed by atoms with van der Waals surface area (Å²) >= 11 is 5.96. The number of carbonyl (C=O) groups is 1. The summed E-state index contributed by atoms with van der Waals surface area (Å²) in [6.07, 6.45) is 5.30. The summed E-state index contributed by atoms with van der Waals surface area (Å²) in [6.45, 7) is 0.660. The van der Waals surface area contributed by atoms with Crippen LogP contribution in [0, 0.1) is 0 Å². The van der Waals surface area contributed by atoms with Crippen molar-refractivity contribution in [3.63, 3.8) is 0 Å². The van der Waals surface area contributed by atoms with Crippen molar-refractivity contribution in [1.29, 1.82) is 0 Å². The van der Waals surface area contributed by atoms with E-state index in [2.05, 4.69) is 10.3 Å². The second-order valence-electron chi connectivity index (χ2n) is 5.28. The molecule has 1 aromatic heterocycles. The molecule has 4 nitrogen and oxygen atoms in total. The molecule has 0 unspecified atom stereocenters. The van der Waals surface area contributed by atoms with Crippen LogP contribution in [0.25, 0.3) is 17.0 Å². The van der Waals surface area contributed by atoms with Crippen molar-refractivity contribution in [3.8, 4) is 0 Å². The molecule has 0 spiro atoms. The Morgan fingerprint density at radius 1 is 1.21 bits per heavy atom. The average molecular weight is 341 g/mol. The molecule has 2 aromatic carbocycles. The highest BCUT2D eigenvalue weighted by atomic mass is 35.5. The number of carbonyl (C=O) groups excluding carboxylic acids is 1. The maximum absolute atomic E-state index is 11.6. The zero-order chi connectivity index (χ0) is 16.8. The van der Waals surface area contributed by atoms with Gasteiger partial charge >= 0.3 is 6.09 Å². The van der Waals surface area contributed by atoms with Crippen LogP contribution in [0.15, 0.2) is 60.8 Å². The summed E-state index contributed by atoms with van der Waals surface area (Å²) < 4.78 is 5.14. The van der Waals surface area contributed by atoms with Crippen LogP contribution in [-0.4, -0.2) is 17.6 Å². The summed E-state index contributed by atoms with van der Waals surface area (Å²) in [5.74, 6) is 0. The van der Waals surface area contributed by atoms with Crippen molar-refractivity contribution in [3.05, 3.63) is 77.0 Å². The molecular formula is C19H17ClN2O2. The monoisotopic (exact) mass is 340 g/mol. The smallest absolute Gasteiger partial charge is 0.407 e. The minimum absolute atomic E-state index is 0.263. The van der Waals surface area contributed by atoms with E-state index in [9.17, 15) is 4.79 Å². The number of ether oxygens (including phenoxy) is 1. The van der Waals surface area contributed by atoms with Gasteiger partial charge in [0.1, 0.15) is 6.61 Å². The molecule has 0 aliphatic rings. The van der Waals surface area contributed by atoms with Gasteiger partial charge in [-0.25, -0.2) is 4.79 Å². The van der Waals surface area contributed by atoms with Crippen LogP contribution in [0.2, 0.25) is 5.02 Å². The van der Waals surface area contributed by atoms with Crippen LogP contribution in [0.3, 0.4) is 0 Å². The Labute approximate surface area is 145 Å². The number of H-pyrrole nitrogens is 1. The molecule has 5 heteroatoms. The van der Waals surface area contributed by atoms with E-state index >= 15 is 0 Å². The number of alkyl carbamates (subject to hydrolysis) is 1. The normalized spacial score (nSPS) is 11.0. The molecular weight excluding hydrogens is 324 g/mol. The number of hydrogen-bond acceptors (Lipinski definition) is 2. The molecule has 0 saturated carbocycles. The number of amides is 1. The highest BCUT2D eigenvalue weighted by molar-refractivity contribution is 6.31. The van der Waals surface area contributed by atoms with E-state index in [1.807, 2.05) is 66.9 Å². The second-order valence-corrected chi connectivity index (χ2v) is 5.72. The lowest BCUT2D eigenvalue weighted by Crippen LogP contribution is -2.24. The highest BCUT2D eigenvalue weighted by Gasteiger charge is 2.02. The fraction of sp³-hybridized carbons (Fsp3) is 0.105. The van der Waals surface area contributed by atoms with E-state index in [0.29, 0.717) is 11.6 Å². The zero-order valence-electron chi connectivity index (χ0n) is 13.0. The zero-order valence-corrected chi connectivity index (χ0v) is 13.7. The van der Waals surface area contributed by atoms with Crippen LogP contribution in [0.4, 0.5) is 4.79 Å². The third kappa shape index (κ3) is 4.18. The predicted molar refractivity (Wildman–Crippen MR) is 97.0 cm³/mol. The molecule has 0 atom stereocenters. The van der Waals surface area contributed by atoms with Gasteiger partial charge in [-0.05, 0) is 23.3 Å². The summed E-state index contributed by atoms with van der Waals surface area (Å²) in [6, 6.07) is 15.3. The molecule has 122 valence electrons. The Balaban J connectivity index is 1.48. The SMILES string of the molecule is O=C(NCC=Cc1c[nH]c2cc(Cl)ccc12)OCc1ccccc1. The van der Waals surface area contributed by atoms with Crippen LogP contribution in [0.5, 0.6) is 0 Å². The van der Waals surface area contributed by atoms with Gasteiger partial charge in [-0.15, -0.1) is 0 Å². The molecule has 2 N–H and O–H groups in total. The van der Waals surface area contributed by atoms with Crippen molar-refractivity contribution >= 4 is 34.7 Å². The summed E-state index contributed by atoms with van der Waals surface area (Å²) in [4.78, 5) is 14.8. The lowest BCUT2D eigenvalue weighted by atomic mass is 10.1. The van der Waals surface area contributed by atoms with Crippen LogP contribution in [-0.2, 0) is 11.3 Å². The van der Waals surface area contributed by atoms with E-state index in [1.165, 1.54) is 0 Å². The molecule has 0 aliphatic carbocycles. The standard InChI is InChI=1S/C19H17ClN2O2/c20-16-8-9-17-15(12-22-18(17)11-16)7-4-10-21-19(23)24-13-14-5-2-1-3-6-14/h1-9,11-12,22H,10,13H2,(H,21,23). The van der Waals surface area contributed by atoms with Gasteiger partial charge in [-0.2, -0.15) is 0 Å². The van der Waals surface area contributed by atoms with Gasteiger partial charge in [0.15, 0.2) is 0 Å². The number of rotatable bonds is 5. The van der Waals surface area contributed by atoms with Gasteiger partial charge in [-0.1, -0.05) is 60.2 Å². The van der Waals surface area contributed by atoms with E-state index in [-0.39, 0.29) is 6.61 Å². The van der Waals surface area contributed by atoms with E-state index in [1.54, 1.807) is 0 Å². The number of halogens is 1. The number of nitrogens with one attached hydrogen (secondary N) is 2. The Hall–Kier alpha value is -2.72. The first kappa shape index (κ1) is 16.1. The Morgan fingerprint density at radius 3 is 2.88 bits per heavy atom. The Kier molecular flexibility index (Phi) is 5.18. The van der Waals surface area contributed by atoms with Gasteiger partial charge < -0.3 is 15.0 Å². The maximum Gasteiger partial charge on any atom is 0.407 e. The number of fused-ring (bicyclic) bond motifs is 1. The Bertz CT molecular complexity index is 856. The van der Waals surface area contributed by atoms with Crippen LogP contribution < -0.4 is 5.32 Å². The first-order chi connectivity index (χ1) is 11.7. The fourth-order valence-electron chi connectivity index (χ4n) is 2.36. The van der Waals surface area contributed by atoms with Crippen molar-refractivity contribution in [2.45, 2.75) is 6.61 Å². The predicted octanol–water partition coefficient (Wildman–Crippen LogP) is 4.76. The van der Waals surface area contributed by atoms with Crippen molar-refractivity contribution < 1.29 is 9.53 Å². The maximum atomic E-state index is 11.6. The van der Waals surface area contributed by atoms with Crippen LogP contribution in [0.1, 0.15) is 11.1 Å². The number of aromatic amines is 1. The first-order valence-corrected chi connectivity index (χ1v) is 7.98. The number of aromatic nitrogens is 1. The summed E-state index contributed by atoms with van der Waals surface area (Å²) in [7, 11) is 0. The van der Waals surface area contributed by atoms with Crippen LogP contribution >= 0.6 is 11.6 Å². The average Bonchev–Trinajstić information content (AvgIpc) is 3.00. The third-order valence-electron chi connectivity index (χ3n) is 3.55. The van der Waals surface area contributed by atoms with Crippen molar-refractivity contribution in [2.75, 3.05) is 6.54 Å². The molecule has 1 heterocycles. The van der Waals surface area contributed by atoms with E-state index in [4.69, 9.17) is 16.3 Å². The molecule has 24 heavy (non-hydrogen) atoms. The lowest BCUT2D eigenvalue weighted by molar-refractivity contribution is 0.141. The topological polar surface area (TPSA) is 54.1 Å². The quantitative estimate of drug-likeness (QED) is 0.703. The van der Waals surface area contributed by atoms with Gasteiger partial charge in [0.25, 0.3) is 0 Å². The molecule has 0 saturated heterocycles. The Morgan fingerprint density at radius 2 is 2.04 bits per heavy atom. The second kappa shape index (κ2) is 7.70. The molecule has 0 radical (unpaired) electrons. The number of hydrogen-bond donors (Lipinski definition) is 2. The molecule has 3 rings (SSSR count). The summed E-state index contributed by atoms with van der Waals surface area (Å²) in [5, 5.41) is 4.48.